The molecule has 0 fully saturated rings. The minimum Gasteiger partial charge on any atom is -0.350 e. The molecule has 0 saturated carbocycles. The second kappa shape index (κ2) is 5.32. The fourth-order valence-corrected chi connectivity index (χ4v) is 3.31. The van der Waals surface area contributed by atoms with Crippen molar-refractivity contribution in [3.63, 3.8) is 0 Å². The van der Waals surface area contributed by atoms with Gasteiger partial charge >= 0.3 is 0 Å². The van der Waals surface area contributed by atoms with E-state index in [0.717, 1.165) is 16.7 Å². The van der Waals surface area contributed by atoms with E-state index in [-0.39, 0.29) is 11.9 Å². The van der Waals surface area contributed by atoms with E-state index in [1.54, 1.807) is 6.20 Å². The highest BCUT2D eigenvalue weighted by Gasteiger charge is 2.39. The van der Waals surface area contributed by atoms with Crippen molar-refractivity contribution < 1.29 is 4.79 Å². The lowest BCUT2D eigenvalue weighted by molar-refractivity contribution is -0.117. The number of likely N-dealkylation sites (N-methyl/N-ethyl adjacent to an activating group) is 1. The van der Waals surface area contributed by atoms with Gasteiger partial charge in [-0.05, 0) is 54.6 Å². The van der Waals surface area contributed by atoms with Crippen LogP contribution in [-0.2, 0) is 4.79 Å². The Hall–Kier alpha value is -2.46. The average molecular weight is 305 g/mol. The van der Waals surface area contributed by atoms with E-state index in [0.29, 0.717) is 12.5 Å². The lowest BCUT2D eigenvalue weighted by atomic mass is 10.0. The minimum atomic E-state index is 0.000130. The van der Waals surface area contributed by atoms with Gasteiger partial charge in [0, 0.05) is 30.4 Å². The molecule has 1 N–H and O–H groups in total. The van der Waals surface area contributed by atoms with Gasteiger partial charge in [0.15, 0.2) is 0 Å². The number of hydrogen-bond donors (Lipinski definition) is 1. The van der Waals surface area contributed by atoms with Gasteiger partial charge in [0.2, 0.25) is 0 Å². The van der Waals surface area contributed by atoms with Gasteiger partial charge in [0.05, 0.1) is 6.04 Å². The molecular formula is C19H19N3O. The number of nitrogens with zero attached hydrogens (tertiary/aromatic N) is 2. The van der Waals surface area contributed by atoms with Gasteiger partial charge in [-0.1, -0.05) is 18.2 Å². The second-order valence-corrected chi connectivity index (χ2v) is 6.38. The Morgan fingerprint density at radius 2 is 2.26 bits per heavy atom. The number of aromatic nitrogens is 1. The SMILES string of the molecule is CN(C)C(CNC(=O)C1=CC=C2C1=CC1=CC12)c1cccnc1. The zero-order valence-corrected chi connectivity index (χ0v) is 13.3. The number of pyridine rings is 1. The Labute approximate surface area is 135 Å². The molecule has 1 heterocycles. The van der Waals surface area contributed by atoms with Crippen LogP contribution in [0.15, 0.2) is 71.1 Å². The van der Waals surface area contributed by atoms with Crippen LogP contribution in [0.5, 0.6) is 0 Å². The lowest BCUT2D eigenvalue weighted by Gasteiger charge is -2.25. The maximum Gasteiger partial charge on any atom is 0.251 e. The summed E-state index contributed by atoms with van der Waals surface area (Å²) in [6.45, 7) is 0.559. The molecule has 1 aromatic rings. The summed E-state index contributed by atoms with van der Waals surface area (Å²) in [6, 6.07) is 4.07. The Bertz CT molecular complexity index is 784. The Morgan fingerprint density at radius 3 is 3.00 bits per heavy atom. The normalized spacial score (nSPS) is 21.8. The molecule has 23 heavy (non-hydrogen) atoms. The summed E-state index contributed by atoms with van der Waals surface area (Å²) in [4.78, 5) is 18.8. The predicted molar refractivity (Wildman–Crippen MR) is 89.5 cm³/mol. The minimum absolute atomic E-state index is 0.000130. The Balaban J connectivity index is 1.43. The fourth-order valence-electron chi connectivity index (χ4n) is 3.31. The van der Waals surface area contributed by atoms with Gasteiger partial charge in [-0.15, -0.1) is 0 Å². The van der Waals surface area contributed by atoms with Crippen LogP contribution in [0.3, 0.4) is 0 Å². The summed E-state index contributed by atoms with van der Waals surface area (Å²) in [5, 5.41) is 3.08. The maximum absolute atomic E-state index is 12.6. The molecule has 0 aliphatic heterocycles. The number of amides is 1. The zero-order chi connectivity index (χ0) is 16.0. The zero-order valence-electron chi connectivity index (χ0n) is 13.3. The molecular weight excluding hydrogens is 286 g/mol. The van der Waals surface area contributed by atoms with E-state index in [1.165, 1.54) is 11.1 Å². The molecule has 3 aliphatic rings. The van der Waals surface area contributed by atoms with Gasteiger partial charge in [0.1, 0.15) is 0 Å². The molecule has 4 heteroatoms. The van der Waals surface area contributed by atoms with Crippen molar-refractivity contribution in [1.82, 2.24) is 15.2 Å². The molecule has 0 spiro atoms. The van der Waals surface area contributed by atoms with Gasteiger partial charge in [0.25, 0.3) is 5.91 Å². The van der Waals surface area contributed by atoms with Crippen molar-refractivity contribution in [2.45, 2.75) is 6.04 Å². The third kappa shape index (κ3) is 2.45. The first-order valence-electron chi connectivity index (χ1n) is 7.86. The molecule has 0 bridgehead atoms. The van der Waals surface area contributed by atoms with E-state index in [4.69, 9.17) is 0 Å². The summed E-state index contributed by atoms with van der Waals surface area (Å²) in [5.74, 6) is 0.483. The van der Waals surface area contributed by atoms with Crippen LogP contribution in [0.2, 0.25) is 0 Å². The van der Waals surface area contributed by atoms with Crippen molar-refractivity contribution in [1.29, 1.82) is 0 Å². The third-order valence-electron chi connectivity index (χ3n) is 4.68. The van der Waals surface area contributed by atoms with Gasteiger partial charge < -0.3 is 10.2 Å². The standard InChI is InChI=1S/C19H19N3O/c1-22(2)18(12-4-3-7-20-10-12)11-21-19(23)15-6-5-14-16-8-13(16)9-17(14)15/h3-10,16,18H,11H2,1-2H3,(H,21,23). The highest BCUT2D eigenvalue weighted by Crippen LogP contribution is 2.51. The van der Waals surface area contributed by atoms with Gasteiger partial charge in [-0.3, -0.25) is 9.78 Å². The largest absolute Gasteiger partial charge is 0.350 e. The Kier molecular flexibility index (Phi) is 3.27. The van der Waals surface area contributed by atoms with Crippen molar-refractivity contribution in [2.75, 3.05) is 20.6 Å². The number of carbonyl (C=O) groups excluding carboxylic acids is 1. The molecule has 3 aliphatic carbocycles. The highest BCUT2D eigenvalue weighted by molar-refractivity contribution is 6.02. The van der Waals surface area contributed by atoms with Crippen molar-refractivity contribution in [3.8, 4) is 0 Å². The molecule has 1 aromatic heterocycles. The van der Waals surface area contributed by atoms with Crippen molar-refractivity contribution in [2.24, 2.45) is 5.92 Å². The van der Waals surface area contributed by atoms with Crippen LogP contribution in [-0.4, -0.2) is 36.4 Å². The topological polar surface area (TPSA) is 45.2 Å². The molecule has 2 unspecified atom stereocenters. The first-order valence-corrected chi connectivity index (χ1v) is 7.86. The monoisotopic (exact) mass is 305 g/mol. The summed E-state index contributed by atoms with van der Waals surface area (Å²) in [6.07, 6.45) is 12.0. The number of fused-ring (bicyclic) bond motifs is 3. The fraction of sp³-hybridized carbons (Fsp3) is 0.263. The van der Waals surface area contributed by atoms with Crippen LogP contribution in [0.4, 0.5) is 0 Å². The quantitative estimate of drug-likeness (QED) is 0.907. The van der Waals surface area contributed by atoms with Crippen LogP contribution in [0, 0.1) is 5.92 Å². The molecule has 116 valence electrons. The van der Waals surface area contributed by atoms with Crippen LogP contribution >= 0.6 is 0 Å². The molecule has 0 saturated heterocycles. The third-order valence-corrected chi connectivity index (χ3v) is 4.68. The number of nitrogens with one attached hydrogen (secondary N) is 1. The summed E-state index contributed by atoms with van der Waals surface area (Å²) in [7, 11) is 4.02. The molecule has 4 rings (SSSR count). The van der Waals surface area contributed by atoms with E-state index < -0.39 is 0 Å². The van der Waals surface area contributed by atoms with Crippen LogP contribution < -0.4 is 5.32 Å². The summed E-state index contributed by atoms with van der Waals surface area (Å²) < 4.78 is 0. The molecule has 4 nitrogen and oxygen atoms in total. The van der Waals surface area contributed by atoms with E-state index in [1.807, 2.05) is 38.5 Å². The van der Waals surface area contributed by atoms with Crippen molar-refractivity contribution in [3.05, 3.63) is 76.7 Å². The average Bonchev–Trinajstić information content (AvgIpc) is 3.03. The first kappa shape index (κ1) is 14.2. The molecule has 0 radical (unpaired) electrons. The maximum atomic E-state index is 12.6. The highest BCUT2D eigenvalue weighted by atomic mass is 16.1. The lowest BCUT2D eigenvalue weighted by Crippen LogP contribution is -2.35. The number of allylic oxidation sites excluding steroid dienone is 6. The van der Waals surface area contributed by atoms with Crippen molar-refractivity contribution >= 4 is 5.91 Å². The number of hydrogen-bond acceptors (Lipinski definition) is 3. The van der Waals surface area contributed by atoms with E-state index >= 15 is 0 Å². The second-order valence-electron chi connectivity index (χ2n) is 6.38. The van der Waals surface area contributed by atoms with Crippen LogP contribution in [0.1, 0.15) is 11.6 Å². The first-order chi connectivity index (χ1) is 11.1. The number of carbonyl (C=O) groups is 1. The summed E-state index contributed by atoms with van der Waals surface area (Å²) in [5.41, 5.74) is 5.63. The van der Waals surface area contributed by atoms with Crippen LogP contribution in [0.25, 0.3) is 0 Å². The summed E-state index contributed by atoms with van der Waals surface area (Å²) >= 11 is 0. The molecule has 0 aromatic carbocycles. The Morgan fingerprint density at radius 1 is 1.39 bits per heavy atom. The van der Waals surface area contributed by atoms with E-state index in [2.05, 4.69) is 33.4 Å². The van der Waals surface area contributed by atoms with Gasteiger partial charge in [-0.2, -0.15) is 0 Å². The predicted octanol–water partition coefficient (Wildman–Crippen LogP) is 2.16. The molecule has 2 atom stereocenters. The van der Waals surface area contributed by atoms with E-state index in [9.17, 15) is 4.79 Å². The smallest absolute Gasteiger partial charge is 0.251 e. The number of rotatable bonds is 5. The molecule has 1 amide bonds. The van der Waals surface area contributed by atoms with Gasteiger partial charge in [-0.25, -0.2) is 0 Å².